The van der Waals surface area contributed by atoms with Gasteiger partial charge in [-0.25, -0.2) is 4.79 Å². The minimum Gasteiger partial charge on any atom is -0.478 e. The summed E-state index contributed by atoms with van der Waals surface area (Å²) in [5.74, 6) is 0.214. The van der Waals surface area contributed by atoms with Crippen molar-refractivity contribution < 1.29 is 9.90 Å². The first kappa shape index (κ1) is 14.1. The number of hydrogen-bond donors (Lipinski definition) is 3. The molecule has 104 valence electrons. The van der Waals surface area contributed by atoms with Gasteiger partial charge in [0.1, 0.15) is 0 Å². The molecule has 1 aromatic carbocycles. The first-order valence-electron chi connectivity index (χ1n) is 6.61. The number of hydrogen-bond acceptors (Lipinski definition) is 4. The van der Waals surface area contributed by atoms with E-state index in [0.29, 0.717) is 11.7 Å². The minimum absolute atomic E-state index is 0.230. The Kier molecular flexibility index (Phi) is 4.58. The molecule has 0 heterocycles. The number of nitrogens with one attached hydrogen (secondary N) is 1. The number of nitrogen functional groups attached to an aromatic ring is 1. The molecule has 2 unspecified atom stereocenters. The molecule has 1 aromatic rings. The lowest BCUT2D eigenvalue weighted by molar-refractivity contribution is 0.0697. The van der Waals surface area contributed by atoms with Gasteiger partial charge in [0.2, 0.25) is 0 Å². The van der Waals surface area contributed by atoms with Gasteiger partial charge in [-0.15, -0.1) is 0 Å². The van der Waals surface area contributed by atoms with E-state index in [1.165, 1.54) is 12.5 Å². The van der Waals surface area contributed by atoms with Gasteiger partial charge < -0.3 is 16.2 Å². The van der Waals surface area contributed by atoms with E-state index in [1.54, 1.807) is 12.1 Å². The van der Waals surface area contributed by atoms with Crippen LogP contribution >= 0.6 is 11.8 Å². The smallest absolute Gasteiger partial charge is 0.335 e. The summed E-state index contributed by atoms with van der Waals surface area (Å²) < 4.78 is 0. The lowest BCUT2D eigenvalue weighted by Crippen LogP contribution is -2.17. The van der Waals surface area contributed by atoms with E-state index in [4.69, 9.17) is 10.8 Å². The lowest BCUT2D eigenvalue weighted by Gasteiger charge is -2.16. The molecule has 4 N–H and O–H groups in total. The molecular formula is C14H20N2O2S. The summed E-state index contributed by atoms with van der Waals surface area (Å²) in [6.45, 7) is 2.19. The molecule has 1 fully saturated rings. The maximum absolute atomic E-state index is 10.8. The van der Waals surface area contributed by atoms with Crippen LogP contribution < -0.4 is 11.1 Å². The Bertz CT molecular complexity index is 465. The van der Waals surface area contributed by atoms with Gasteiger partial charge in [-0.1, -0.05) is 6.92 Å². The molecule has 0 radical (unpaired) electrons. The first-order chi connectivity index (χ1) is 9.10. The van der Waals surface area contributed by atoms with E-state index in [-0.39, 0.29) is 5.56 Å². The average Bonchev–Trinajstić information content (AvgIpc) is 2.79. The van der Waals surface area contributed by atoms with Crippen LogP contribution in [0.5, 0.6) is 0 Å². The van der Waals surface area contributed by atoms with Crippen molar-refractivity contribution in [2.75, 3.05) is 16.8 Å². The second-order valence-electron chi connectivity index (χ2n) is 4.84. The summed E-state index contributed by atoms with van der Waals surface area (Å²) in [6.07, 6.45) is 3.54. The van der Waals surface area contributed by atoms with Crippen molar-refractivity contribution >= 4 is 29.1 Å². The second kappa shape index (κ2) is 6.19. The summed E-state index contributed by atoms with van der Waals surface area (Å²) in [7, 11) is 0. The number of carboxylic acid groups (broad SMARTS) is 1. The van der Waals surface area contributed by atoms with E-state index < -0.39 is 5.97 Å². The van der Waals surface area contributed by atoms with E-state index in [0.717, 1.165) is 29.5 Å². The molecule has 0 aromatic heterocycles. The van der Waals surface area contributed by atoms with E-state index in [1.807, 2.05) is 11.8 Å². The van der Waals surface area contributed by atoms with Gasteiger partial charge >= 0.3 is 5.97 Å². The zero-order chi connectivity index (χ0) is 13.8. The molecule has 0 aliphatic heterocycles. The third kappa shape index (κ3) is 3.56. The quantitative estimate of drug-likeness (QED) is 0.723. The van der Waals surface area contributed by atoms with Crippen molar-refractivity contribution in [2.45, 2.75) is 37.5 Å². The molecule has 1 aliphatic carbocycles. The Morgan fingerprint density at radius 2 is 2.32 bits per heavy atom. The summed E-state index contributed by atoms with van der Waals surface area (Å²) in [5, 5.41) is 13.1. The van der Waals surface area contributed by atoms with Crippen molar-refractivity contribution in [1.29, 1.82) is 0 Å². The summed E-state index contributed by atoms with van der Waals surface area (Å²) in [6, 6.07) is 5.31. The van der Waals surface area contributed by atoms with Crippen LogP contribution in [0.25, 0.3) is 0 Å². The predicted octanol–water partition coefficient (Wildman–Crippen LogP) is 3.05. The zero-order valence-electron chi connectivity index (χ0n) is 11.1. The van der Waals surface area contributed by atoms with Crippen LogP contribution in [-0.4, -0.2) is 28.1 Å². The molecule has 1 saturated carbocycles. The SMILES string of the molecule is CCSC1CCC(Nc2ccc(C(=O)O)cc2N)C1. The highest BCUT2D eigenvalue weighted by molar-refractivity contribution is 7.99. The summed E-state index contributed by atoms with van der Waals surface area (Å²) in [4.78, 5) is 10.8. The number of nitrogens with two attached hydrogens (primary N) is 1. The molecule has 1 aliphatic rings. The van der Waals surface area contributed by atoms with Crippen molar-refractivity contribution in [3.8, 4) is 0 Å². The van der Waals surface area contributed by atoms with Crippen molar-refractivity contribution in [1.82, 2.24) is 0 Å². The van der Waals surface area contributed by atoms with Gasteiger partial charge in [-0.2, -0.15) is 11.8 Å². The number of rotatable bonds is 5. The second-order valence-corrected chi connectivity index (χ2v) is 6.42. The van der Waals surface area contributed by atoms with Crippen LogP contribution in [0.3, 0.4) is 0 Å². The Balaban J connectivity index is 1.98. The van der Waals surface area contributed by atoms with Gasteiger partial charge in [0.25, 0.3) is 0 Å². The standard InChI is InChI=1S/C14H20N2O2S/c1-2-19-11-5-4-10(8-11)16-13-6-3-9(14(17)18)7-12(13)15/h3,6-7,10-11,16H,2,4-5,8,15H2,1H3,(H,17,18). The van der Waals surface area contributed by atoms with E-state index in [9.17, 15) is 4.79 Å². The Morgan fingerprint density at radius 3 is 2.95 bits per heavy atom. The van der Waals surface area contributed by atoms with E-state index in [2.05, 4.69) is 12.2 Å². The van der Waals surface area contributed by atoms with E-state index >= 15 is 0 Å². The predicted molar refractivity (Wildman–Crippen MR) is 81.0 cm³/mol. The third-order valence-electron chi connectivity index (χ3n) is 3.45. The molecule has 2 atom stereocenters. The topological polar surface area (TPSA) is 75.3 Å². The monoisotopic (exact) mass is 280 g/mol. The van der Waals surface area contributed by atoms with Crippen LogP contribution in [0, 0.1) is 0 Å². The molecule has 0 amide bonds. The van der Waals surface area contributed by atoms with Crippen LogP contribution in [0.15, 0.2) is 18.2 Å². The van der Waals surface area contributed by atoms with Crippen LogP contribution in [0.2, 0.25) is 0 Å². The largest absolute Gasteiger partial charge is 0.478 e. The summed E-state index contributed by atoms with van der Waals surface area (Å²) in [5.41, 5.74) is 7.48. The Labute approximate surface area is 117 Å². The molecule has 19 heavy (non-hydrogen) atoms. The van der Waals surface area contributed by atoms with Crippen LogP contribution in [-0.2, 0) is 0 Å². The number of carboxylic acids is 1. The summed E-state index contributed by atoms with van der Waals surface area (Å²) >= 11 is 2.01. The number of benzene rings is 1. The number of anilines is 2. The van der Waals surface area contributed by atoms with Crippen molar-refractivity contribution in [3.05, 3.63) is 23.8 Å². The molecule has 5 heteroatoms. The van der Waals surface area contributed by atoms with Crippen molar-refractivity contribution in [3.63, 3.8) is 0 Å². The maximum Gasteiger partial charge on any atom is 0.335 e. The lowest BCUT2D eigenvalue weighted by atomic mass is 10.1. The normalized spacial score (nSPS) is 22.4. The van der Waals surface area contributed by atoms with Gasteiger partial charge in [-0.3, -0.25) is 0 Å². The van der Waals surface area contributed by atoms with Crippen molar-refractivity contribution in [2.24, 2.45) is 0 Å². The molecule has 0 saturated heterocycles. The van der Waals surface area contributed by atoms with Gasteiger partial charge in [-0.05, 0) is 43.2 Å². The Hall–Kier alpha value is -1.36. The first-order valence-corrected chi connectivity index (χ1v) is 7.66. The number of carbonyl (C=O) groups is 1. The van der Waals surface area contributed by atoms with Gasteiger partial charge in [0, 0.05) is 11.3 Å². The molecule has 2 rings (SSSR count). The average molecular weight is 280 g/mol. The van der Waals surface area contributed by atoms with Crippen LogP contribution in [0.1, 0.15) is 36.5 Å². The fourth-order valence-electron chi connectivity index (χ4n) is 2.51. The van der Waals surface area contributed by atoms with Gasteiger partial charge in [0.15, 0.2) is 0 Å². The highest BCUT2D eigenvalue weighted by Crippen LogP contribution is 2.32. The maximum atomic E-state index is 10.8. The highest BCUT2D eigenvalue weighted by Gasteiger charge is 2.24. The van der Waals surface area contributed by atoms with Gasteiger partial charge in [0.05, 0.1) is 16.9 Å². The fraction of sp³-hybridized carbons (Fsp3) is 0.500. The highest BCUT2D eigenvalue weighted by atomic mass is 32.2. The Morgan fingerprint density at radius 1 is 1.53 bits per heavy atom. The number of thioether (sulfide) groups is 1. The fourth-order valence-corrected chi connectivity index (χ4v) is 3.65. The minimum atomic E-state index is -0.946. The molecule has 0 bridgehead atoms. The third-order valence-corrected chi connectivity index (χ3v) is 4.68. The zero-order valence-corrected chi connectivity index (χ0v) is 11.9. The molecule has 0 spiro atoms. The molecule has 4 nitrogen and oxygen atoms in total. The molecular weight excluding hydrogens is 260 g/mol. The van der Waals surface area contributed by atoms with Crippen LogP contribution in [0.4, 0.5) is 11.4 Å². The number of aromatic carboxylic acids is 1.